The molecular formula is C15H17N5S. The van der Waals surface area contributed by atoms with Crippen LogP contribution < -0.4 is 5.32 Å². The topological polar surface area (TPSA) is 55.6 Å². The van der Waals surface area contributed by atoms with E-state index in [-0.39, 0.29) is 0 Å². The molecule has 2 aromatic heterocycles. The van der Waals surface area contributed by atoms with Gasteiger partial charge in [0.15, 0.2) is 0 Å². The lowest BCUT2D eigenvalue weighted by atomic mass is 10.2. The summed E-state index contributed by atoms with van der Waals surface area (Å²) in [7, 11) is 2.05. The summed E-state index contributed by atoms with van der Waals surface area (Å²) in [5.74, 6) is 2.62. The number of nitrogens with zero attached hydrogens (tertiary/aromatic N) is 4. The fourth-order valence-corrected chi connectivity index (χ4v) is 3.13. The van der Waals surface area contributed by atoms with Crippen molar-refractivity contribution in [2.45, 2.75) is 32.2 Å². The SMILES string of the molecule is Cc1ccc2c(c1)nc(CNc1nc(C3CC3)ns1)n2C. The maximum absolute atomic E-state index is 4.70. The molecule has 0 radical (unpaired) electrons. The molecule has 21 heavy (non-hydrogen) atoms. The van der Waals surface area contributed by atoms with E-state index >= 15 is 0 Å². The van der Waals surface area contributed by atoms with Gasteiger partial charge in [-0.15, -0.1) is 0 Å². The van der Waals surface area contributed by atoms with Gasteiger partial charge < -0.3 is 9.88 Å². The van der Waals surface area contributed by atoms with Crippen molar-refractivity contribution >= 4 is 27.7 Å². The molecule has 108 valence electrons. The molecule has 2 heterocycles. The second kappa shape index (κ2) is 4.80. The number of benzene rings is 1. The predicted octanol–water partition coefficient (Wildman–Crippen LogP) is 3.22. The lowest BCUT2D eigenvalue weighted by molar-refractivity contribution is 0.833. The molecule has 1 saturated carbocycles. The van der Waals surface area contributed by atoms with E-state index in [4.69, 9.17) is 4.98 Å². The van der Waals surface area contributed by atoms with E-state index < -0.39 is 0 Å². The molecule has 5 nitrogen and oxygen atoms in total. The van der Waals surface area contributed by atoms with Crippen molar-refractivity contribution in [2.24, 2.45) is 7.05 Å². The molecule has 1 aliphatic rings. The maximum atomic E-state index is 4.70. The van der Waals surface area contributed by atoms with Gasteiger partial charge in [0.05, 0.1) is 17.6 Å². The Morgan fingerprint density at radius 1 is 1.33 bits per heavy atom. The average molecular weight is 299 g/mol. The third-order valence-electron chi connectivity index (χ3n) is 3.91. The second-order valence-corrected chi connectivity index (χ2v) is 6.42. The molecule has 1 aliphatic carbocycles. The Hall–Kier alpha value is -1.95. The number of hydrogen-bond donors (Lipinski definition) is 1. The first-order valence-electron chi connectivity index (χ1n) is 7.20. The standard InChI is InChI=1S/C15H17N5S/c1-9-3-6-12-11(7-9)17-13(20(12)2)8-16-15-18-14(19-21-15)10-4-5-10/h3,6-7,10H,4-5,8H2,1-2H3,(H,16,18,19). The van der Waals surface area contributed by atoms with Crippen LogP contribution in [0, 0.1) is 6.92 Å². The molecule has 1 aromatic carbocycles. The van der Waals surface area contributed by atoms with Crippen LogP contribution >= 0.6 is 11.5 Å². The van der Waals surface area contributed by atoms with Crippen LogP contribution in [0.5, 0.6) is 0 Å². The normalized spacial score (nSPS) is 14.8. The van der Waals surface area contributed by atoms with Gasteiger partial charge >= 0.3 is 0 Å². The highest BCUT2D eigenvalue weighted by molar-refractivity contribution is 7.09. The van der Waals surface area contributed by atoms with E-state index in [0.29, 0.717) is 12.5 Å². The zero-order chi connectivity index (χ0) is 14.4. The largest absolute Gasteiger partial charge is 0.353 e. The smallest absolute Gasteiger partial charge is 0.202 e. The maximum Gasteiger partial charge on any atom is 0.202 e. The summed E-state index contributed by atoms with van der Waals surface area (Å²) >= 11 is 1.44. The van der Waals surface area contributed by atoms with Gasteiger partial charge in [0.25, 0.3) is 0 Å². The highest BCUT2D eigenvalue weighted by atomic mass is 32.1. The number of hydrogen-bond acceptors (Lipinski definition) is 5. The number of nitrogens with one attached hydrogen (secondary N) is 1. The Morgan fingerprint density at radius 2 is 2.19 bits per heavy atom. The number of anilines is 1. The van der Waals surface area contributed by atoms with Crippen LogP contribution in [0.4, 0.5) is 5.13 Å². The molecule has 0 atom stereocenters. The predicted molar refractivity (Wildman–Crippen MR) is 84.7 cm³/mol. The van der Waals surface area contributed by atoms with Gasteiger partial charge in [0, 0.05) is 24.5 Å². The first kappa shape index (κ1) is 12.8. The fraction of sp³-hybridized carbons (Fsp3) is 0.400. The Bertz CT molecular complexity index is 800. The molecule has 1 N–H and O–H groups in total. The van der Waals surface area contributed by atoms with Crippen molar-refractivity contribution in [1.29, 1.82) is 0 Å². The Balaban J connectivity index is 1.54. The fourth-order valence-electron chi connectivity index (χ4n) is 2.49. The minimum atomic E-state index is 0.607. The molecule has 1 fully saturated rings. The Morgan fingerprint density at radius 3 is 3.00 bits per heavy atom. The quantitative estimate of drug-likeness (QED) is 0.803. The number of aryl methyl sites for hydroxylation is 2. The monoisotopic (exact) mass is 299 g/mol. The molecule has 0 bridgehead atoms. The van der Waals surface area contributed by atoms with Gasteiger partial charge in [0.2, 0.25) is 5.13 Å². The third kappa shape index (κ3) is 2.40. The Kier molecular flexibility index (Phi) is 2.92. The summed E-state index contributed by atoms with van der Waals surface area (Å²) < 4.78 is 6.54. The van der Waals surface area contributed by atoms with Crippen LogP contribution in [0.1, 0.15) is 36.0 Å². The van der Waals surface area contributed by atoms with Crippen molar-refractivity contribution in [3.8, 4) is 0 Å². The first-order chi connectivity index (χ1) is 10.2. The second-order valence-electron chi connectivity index (χ2n) is 5.66. The zero-order valence-electron chi connectivity index (χ0n) is 12.1. The van der Waals surface area contributed by atoms with E-state index in [1.165, 1.54) is 29.9 Å². The van der Waals surface area contributed by atoms with Crippen molar-refractivity contribution in [1.82, 2.24) is 18.9 Å². The molecule has 0 saturated heterocycles. The van der Waals surface area contributed by atoms with E-state index in [0.717, 1.165) is 27.8 Å². The van der Waals surface area contributed by atoms with Crippen molar-refractivity contribution in [3.63, 3.8) is 0 Å². The van der Waals surface area contributed by atoms with Crippen molar-refractivity contribution in [3.05, 3.63) is 35.4 Å². The Labute approximate surface area is 127 Å². The van der Waals surface area contributed by atoms with E-state index in [9.17, 15) is 0 Å². The molecule has 0 amide bonds. The molecule has 6 heteroatoms. The minimum Gasteiger partial charge on any atom is -0.353 e. The van der Waals surface area contributed by atoms with Crippen molar-refractivity contribution in [2.75, 3.05) is 5.32 Å². The van der Waals surface area contributed by atoms with Crippen LogP contribution in [-0.4, -0.2) is 18.9 Å². The van der Waals surface area contributed by atoms with Gasteiger partial charge in [-0.05, 0) is 37.5 Å². The van der Waals surface area contributed by atoms with Gasteiger partial charge in [-0.3, -0.25) is 0 Å². The number of fused-ring (bicyclic) bond motifs is 1. The summed E-state index contributed by atoms with van der Waals surface area (Å²) in [6.45, 7) is 2.76. The number of rotatable bonds is 4. The zero-order valence-corrected chi connectivity index (χ0v) is 12.9. The minimum absolute atomic E-state index is 0.607. The van der Waals surface area contributed by atoms with E-state index in [1.807, 2.05) is 0 Å². The first-order valence-corrected chi connectivity index (χ1v) is 7.97. The molecule has 0 unspecified atom stereocenters. The van der Waals surface area contributed by atoms with Crippen LogP contribution in [0.25, 0.3) is 11.0 Å². The van der Waals surface area contributed by atoms with E-state index in [1.54, 1.807) is 0 Å². The van der Waals surface area contributed by atoms with Crippen LogP contribution in [0.15, 0.2) is 18.2 Å². The summed E-state index contributed by atoms with van der Waals surface area (Å²) in [6, 6.07) is 6.36. The number of imidazole rings is 1. The third-order valence-corrected chi connectivity index (χ3v) is 4.60. The van der Waals surface area contributed by atoms with E-state index in [2.05, 4.69) is 51.4 Å². The molecular weight excluding hydrogens is 282 g/mol. The summed E-state index contributed by atoms with van der Waals surface area (Å²) in [4.78, 5) is 9.24. The lowest BCUT2D eigenvalue weighted by Crippen LogP contribution is -2.05. The molecule has 3 aromatic rings. The highest BCUT2D eigenvalue weighted by Crippen LogP contribution is 2.39. The average Bonchev–Trinajstić information content (AvgIpc) is 3.14. The van der Waals surface area contributed by atoms with Gasteiger partial charge in [-0.2, -0.15) is 4.37 Å². The van der Waals surface area contributed by atoms with Crippen LogP contribution in [0.2, 0.25) is 0 Å². The van der Waals surface area contributed by atoms with Crippen LogP contribution in [-0.2, 0) is 13.6 Å². The molecule has 0 aliphatic heterocycles. The van der Waals surface area contributed by atoms with Crippen molar-refractivity contribution < 1.29 is 0 Å². The van der Waals surface area contributed by atoms with Gasteiger partial charge in [-0.25, -0.2) is 9.97 Å². The summed E-state index contributed by atoms with van der Waals surface area (Å²) in [6.07, 6.45) is 2.47. The summed E-state index contributed by atoms with van der Waals surface area (Å²) in [5, 5.41) is 4.23. The van der Waals surface area contributed by atoms with Gasteiger partial charge in [-0.1, -0.05) is 6.07 Å². The van der Waals surface area contributed by atoms with Crippen LogP contribution in [0.3, 0.4) is 0 Å². The summed E-state index contributed by atoms with van der Waals surface area (Å²) in [5.41, 5.74) is 3.44. The molecule has 0 spiro atoms. The van der Waals surface area contributed by atoms with Gasteiger partial charge in [0.1, 0.15) is 11.6 Å². The highest BCUT2D eigenvalue weighted by Gasteiger charge is 2.27. The lowest BCUT2D eigenvalue weighted by Gasteiger charge is -2.02. The molecule has 4 rings (SSSR count). The number of aromatic nitrogens is 4.